The van der Waals surface area contributed by atoms with Gasteiger partial charge in [0.15, 0.2) is 5.79 Å². The van der Waals surface area contributed by atoms with Crippen LogP contribution in [0.3, 0.4) is 0 Å². The summed E-state index contributed by atoms with van der Waals surface area (Å²) in [5, 5.41) is 0. The minimum atomic E-state index is -0.798. The lowest BCUT2D eigenvalue weighted by atomic mass is 9.83. The summed E-state index contributed by atoms with van der Waals surface area (Å²) in [6.07, 6.45) is 0. The standard InChI is InChI=1S/C19H31NO4/c1-18(2,3)15-12-14(19(4,22-6)23-7)13-16(17(15)21-5)20-8-10-24-11-9-20/h12-13H,8-11H2,1-7H3. The number of morpholine rings is 1. The second kappa shape index (κ2) is 7.30. The Hall–Kier alpha value is -1.30. The molecule has 1 saturated heterocycles. The molecule has 0 N–H and O–H groups in total. The van der Waals surface area contributed by atoms with Gasteiger partial charge in [0.2, 0.25) is 0 Å². The van der Waals surface area contributed by atoms with Crippen LogP contribution in [-0.2, 0) is 25.4 Å². The van der Waals surface area contributed by atoms with E-state index in [2.05, 4.69) is 37.8 Å². The highest BCUT2D eigenvalue weighted by molar-refractivity contribution is 5.66. The Morgan fingerprint density at radius 2 is 1.54 bits per heavy atom. The van der Waals surface area contributed by atoms with Crippen molar-refractivity contribution < 1.29 is 18.9 Å². The van der Waals surface area contributed by atoms with Crippen LogP contribution in [0.1, 0.15) is 38.8 Å². The molecule has 1 aromatic rings. The molecule has 0 bridgehead atoms. The van der Waals surface area contributed by atoms with Crippen LogP contribution in [-0.4, -0.2) is 47.6 Å². The fourth-order valence-electron chi connectivity index (χ4n) is 3.01. The van der Waals surface area contributed by atoms with Gasteiger partial charge in [-0.05, 0) is 24.5 Å². The average molecular weight is 337 g/mol. The van der Waals surface area contributed by atoms with Gasteiger partial charge in [0.05, 0.1) is 26.0 Å². The van der Waals surface area contributed by atoms with Gasteiger partial charge in [-0.2, -0.15) is 0 Å². The van der Waals surface area contributed by atoms with Gasteiger partial charge in [-0.25, -0.2) is 0 Å². The third-order valence-corrected chi connectivity index (χ3v) is 4.74. The summed E-state index contributed by atoms with van der Waals surface area (Å²) in [6.45, 7) is 11.6. The van der Waals surface area contributed by atoms with Crippen molar-refractivity contribution in [3.8, 4) is 5.75 Å². The minimum Gasteiger partial charge on any atom is -0.494 e. The molecular weight excluding hydrogens is 306 g/mol. The molecule has 0 saturated carbocycles. The maximum Gasteiger partial charge on any atom is 0.191 e. The van der Waals surface area contributed by atoms with Crippen molar-refractivity contribution in [2.75, 3.05) is 52.5 Å². The van der Waals surface area contributed by atoms with E-state index in [-0.39, 0.29) is 5.41 Å². The van der Waals surface area contributed by atoms with Crippen LogP contribution >= 0.6 is 0 Å². The second-order valence-electron chi connectivity index (χ2n) is 7.28. The van der Waals surface area contributed by atoms with Gasteiger partial charge >= 0.3 is 0 Å². The first kappa shape index (κ1) is 19.0. The lowest BCUT2D eigenvalue weighted by Gasteiger charge is -2.35. The highest BCUT2D eigenvalue weighted by Gasteiger charge is 2.32. The van der Waals surface area contributed by atoms with E-state index in [1.54, 1.807) is 21.3 Å². The van der Waals surface area contributed by atoms with E-state index >= 15 is 0 Å². The number of rotatable bonds is 5. The average Bonchev–Trinajstić information content (AvgIpc) is 2.59. The molecule has 0 spiro atoms. The molecule has 5 heteroatoms. The van der Waals surface area contributed by atoms with Gasteiger partial charge in [-0.1, -0.05) is 20.8 Å². The van der Waals surface area contributed by atoms with Crippen molar-refractivity contribution in [3.63, 3.8) is 0 Å². The van der Waals surface area contributed by atoms with E-state index < -0.39 is 5.79 Å². The topological polar surface area (TPSA) is 40.2 Å². The number of methoxy groups -OCH3 is 3. The van der Waals surface area contributed by atoms with Crippen molar-refractivity contribution in [1.29, 1.82) is 0 Å². The maximum atomic E-state index is 5.83. The molecule has 136 valence electrons. The molecule has 1 aliphatic heterocycles. The van der Waals surface area contributed by atoms with E-state index in [4.69, 9.17) is 18.9 Å². The monoisotopic (exact) mass is 337 g/mol. The first-order chi connectivity index (χ1) is 11.3. The molecule has 5 nitrogen and oxygen atoms in total. The molecule has 2 rings (SSSR count). The van der Waals surface area contributed by atoms with Crippen molar-refractivity contribution in [3.05, 3.63) is 23.3 Å². The van der Waals surface area contributed by atoms with Gasteiger partial charge in [-0.3, -0.25) is 0 Å². The summed E-state index contributed by atoms with van der Waals surface area (Å²) in [5.74, 6) is 0.121. The SMILES string of the molecule is COc1c(N2CCOCC2)cc(C(C)(OC)OC)cc1C(C)(C)C. The lowest BCUT2D eigenvalue weighted by Crippen LogP contribution is -2.37. The Labute approximate surface area is 145 Å². The molecule has 1 heterocycles. The Morgan fingerprint density at radius 1 is 0.958 bits per heavy atom. The van der Waals surface area contributed by atoms with Gasteiger partial charge in [-0.15, -0.1) is 0 Å². The van der Waals surface area contributed by atoms with Gasteiger partial charge in [0.1, 0.15) is 5.75 Å². The fraction of sp³-hybridized carbons (Fsp3) is 0.684. The molecule has 24 heavy (non-hydrogen) atoms. The third-order valence-electron chi connectivity index (χ3n) is 4.74. The third kappa shape index (κ3) is 3.68. The van der Waals surface area contributed by atoms with Crippen LogP contribution in [0.4, 0.5) is 5.69 Å². The molecule has 1 aromatic carbocycles. The molecule has 0 radical (unpaired) electrons. The molecule has 0 atom stereocenters. The van der Waals surface area contributed by atoms with Crippen LogP contribution in [0, 0.1) is 0 Å². The zero-order valence-corrected chi connectivity index (χ0v) is 16.1. The zero-order valence-electron chi connectivity index (χ0n) is 16.1. The number of anilines is 1. The van der Waals surface area contributed by atoms with Crippen LogP contribution in [0.5, 0.6) is 5.75 Å². The maximum absolute atomic E-state index is 5.83. The summed E-state index contributed by atoms with van der Waals surface area (Å²) in [4.78, 5) is 2.31. The molecule has 0 amide bonds. The van der Waals surface area contributed by atoms with Crippen LogP contribution < -0.4 is 9.64 Å². The van der Waals surface area contributed by atoms with E-state index in [0.29, 0.717) is 0 Å². The summed E-state index contributed by atoms with van der Waals surface area (Å²) in [5.41, 5.74) is 3.14. The van der Waals surface area contributed by atoms with E-state index in [1.807, 2.05) is 6.92 Å². The van der Waals surface area contributed by atoms with Crippen molar-refractivity contribution >= 4 is 5.69 Å². The largest absolute Gasteiger partial charge is 0.494 e. The van der Waals surface area contributed by atoms with Crippen LogP contribution in [0.2, 0.25) is 0 Å². The Kier molecular flexibility index (Phi) is 5.78. The molecule has 0 aliphatic carbocycles. The zero-order chi connectivity index (χ0) is 18.0. The number of benzene rings is 1. The Balaban J connectivity index is 2.66. The van der Waals surface area contributed by atoms with Crippen molar-refractivity contribution in [2.45, 2.75) is 38.9 Å². The predicted molar refractivity (Wildman–Crippen MR) is 96.1 cm³/mol. The van der Waals surface area contributed by atoms with Crippen LogP contribution in [0.15, 0.2) is 12.1 Å². The first-order valence-electron chi connectivity index (χ1n) is 8.43. The highest BCUT2D eigenvalue weighted by atomic mass is 16.7. The second-order valence-corrected chi connectivity index (χ2v) is 7.28. The summed E-state index contributed by atoms with van der Waals surface area (Å²) in [7, 11) is 5.07. The summed E-state index contributed by atoms with van der Waals surface area (Å²) < 4.78 is 22.6. The van der Waals surface area contributed by atoms with E-state index in [0.717, 1.165) is 48.9 Å². The molecule has 1 fully saturated rings. The van der Waals surface area contributed by atoms with Crippen molar-refractivity contribution in [2.24, 2.45) is 0 Å². The molecule has 0 unspecified atom stereocenters. The minimum absolute atomic E-state index is 0.0647. The number of nitrogens with zero attached hydrogens (tertiary/aromatic N) is 1. The summed E-state index contributed by atoms with van der Waals surface area (Å²) in [6, 6.07) is 4.25. The molecular formula is C19H31NO4. The van der Waals surface area contributed by atoms with Crippen LogP contribution in [0.25, 0.3) is 0 Å². The lowest BCUT2D eigenvalue weighted by molar-refractivity contribution is -0.201. The van der Waals surface area contributed by atoms with Gasteiger partial charge in [0, 0.05) is 38.4 Å². The first-order valence-corrected chi connectivity index (χ1v) is 8.43. The Morgan fingerprint density at radius 3 is 2.00 bits per heavy atom. The Bertz CT molecular complexity index is 555. The van der Waals surface area contributed by atoms with Gasteiger partial charge < -0.3 is 23.8 Å². The normalized spacial score (nSPS) is 16.4. The predicted octanol–water partition coefficient (Wildman–Crippen LogP) is 3.29. The number of hydrogen-bond donors (Lipinski definition) is 0. The quantitative estimate of drug-likeness (QED) is 0.771. The van der Waals surface area contributed by atoms with E-state index in [9.17, 15) is 0 Å². The number of hydrogen-bond acceptors (Lipinski definition) is 5. The molecule has 1 aliphatic rings. The highest BCUT2D eigenvalue weighted by Crippen LogP contribution is 2.43. The van der Waals surface area contributed by atoms with E-state index in [1.165, 1.54) is 0 Å². The number of ether oxygens (including phenoxy) is 4. The fourth-order valence-corrected chi connectivity index (χ4v) is 3.01. The summed E-state index contributed by atoms with van der Waals surface area (Å²) >= 11 is 0. The van der Waals surface area contributed by atoms with Gasteiger partial charge in [0.25, 0.3) is 0 Å². The molecule has 0 aromatic heterocycles. The smallest absolute Gasteiger partial charge is 0.191 e. The van der Waals surface area contributed by atoms with Crippen molar-refractivity contribution in [1.82, 2.24) is 0 Å².